The fraction of sp³-hybridized carbons (Fsp3) is 0.562. The lowest BCUT2D eigenvalue weighted by Gasteiger charge is -2.16. The fourth-order valence-corrected chi connectivity index (χ4v) is 3.51. The Morgan fingerprint density at radius 3 is 2.68 bits per heavy atom. The molecule has 0 bridgehead atoms. The Balaban J connectivity index is 1.83. The average molecular weight is 276 g/mol. The Hall–Kier alpha value is -0.960. The molecule has 1 N–H and O–H groups in total. The number of amidine groups is 1. The number of aliphatic imine (C=N–C) groups is 1. The van der Waals surface area contributed by atoms with Crippen molar-refractivity contribution in [2.45, 2.75) is 45.7 Å². The second kappa shape index (κ2) is 6.99. The molecule has 3 heteroatoms. The van der Waals surface area contributed by atoms with Crippen LogP contribution >= 0.6 is 11.8 Å². The molecule has 0 spiro atoms. The third-order valence-electron chi connectivity index (χ3n) is 3.22. The molecule has 0 fully saturated rings. The van der Waals surface area contributed by atoms with Crippen molar-refractivity contribution >= 4 is 16.9 Å². The third-order valence-corrected chi connectivity index (χ3v) is 4.27. The lowest BCUT2D eigenvalue weighted by molar-refractivity contribution is 0.492. The summed E-state index contributed by atoms with van der Waals surface area (Å²) in [7, 11) is 0. The third kappa shape index (κ3) is 4.90. The standard InChI is InChI=1S/C16H24N2S/c1-12(2)9-13(3)17-16-18-15(11-19-16)10-14-7-5-4-6-8-14/h4-8,12-13,15H,9-11H2,1-3H3,(H,17,18). The number of hydrogen-bond acceptors (Lipinski definition) is 3. The zero-order valence-corrected chi connectivity index (χ0v) is 12.9. The van der Waals surface area contributed by atoms with Crippen LogP contribution in [0.4, 0.5) is 0 Å². The minimum atomic E-state index is 0.432. The van der Waals surface area contributed by atoms with Crippen molar-refractivity contribution in [1.29, 1.82) is 0 Å². The predicted molar refractivity (Wildman–Crippen MR) is 85.9 cm³/mol. The van der Waals surface area contributed by atoms with Crippen molar-refractivity contribution in [3.63, 3.8) is 0 Å². The number of nitrogens with zero attached hydrogens (tertiary/aromatic N) is 1. The van der Waals surface area contributed by atoms with Crippen LogP contribution in [0.5, 0.6) is 0 Å². The minimum Gasteiger partial charge on any atom is -0.362 e. The van der Waals surface area contributed by atoms with E-state index >= 15 is 0 Å². The van der Waals surface area contributed by atoms with Crippen LogP contribution in [0.15, 0.2) is 35.3 Å². The van der Waals surface area contributed by atoms with E-state index in [4.69, 9.17) is 4.99 Å². The van der Waals surface area contributed by atoms with Gasteiger partial charge in [-0.25, -0.2) is 0 Å². The molecular formula is C16H24N2S. The predicted octanol–water partition coefficient (Wildman–Crippen LogP) is 3.72. The van der Waals surface area contributed by atoms with Crippen LogP contribution < -0.4 is 5.32 Å². The Bertz CT molecular complexity index is 414. The summed E-state index contributed by atoms with van der Waals surface area (Å²) in [5.74, 6) is 1.83. The molecule has 104 valence electrons. The molecule has 0 radical (unpaired) electrons. The lowest BCUT2D eigenvalue weighted by atomic mass is 10.1. The molecular weight excluding hydrogens is 252 g/mol. The second-order valence-electron chi connectivity index (χ2n) is 5.76. The van der Waals surface area contributed by atoms with Gasteiger partial charge in [-0.2, -0.15) is 0 Å². The lowest BCUT2D eigenvalue weighted by Crippen LogP contribution is -2.30. The highest BCUT2D eigenvalue weighted by atomic mass is 32.2. The summed E-state index contributed by atoms with van der Waals surface area (Å²) in [6, 6.07) is 11.6. The van der Waals surface area contributed by atoms with Crippen molar-refractivity contribution < 1.29 is 0 Å². The van der Waals surface area contributed by atoms with E-state index in [9.17, 15) is 0 Å². The zero-order valence-electron chi connectivity index (χ0n) is 12.1. The molecule has 0 aromatic heterocycles. The molecule has 0 saturated carbocycles. The monoisotopic (exact) mass is 276 g/mol. The maximum atomic E-state index is 4.80. The van der Waals surface area contributed by atoms with Crippen molar-refractivity contribution in [3.8, 4) is 0 Å². The van der Waals surface area contributed by atoms with Gasteiger partial charge in [0, 0.05) is 11.8 Å². The molecule has 1 aromatic rings. The summed E-state index contributed by atoms with van der Waals surface area (Å²) in [5, 5.41) is 4.67. The molecule has 19 heavy (non-hydrogen) atoms. The molecule has 1 heterocycles. The normalized spacial score (nSPS) is 20.4. The van der Waals surface area contributed by atoms with E-state index in [2.05, 4.69) is 56.4 Å². The molecule has 2 atom stereocenters. The largest absolute Gasteiger partial charge is 0.362 e. The minimum absolute atomic E-state index is 0.432. The van der Waals surface area contributed by atoms with Gasteiger partial charge < -0.3 is 5.32 Å². The highest BCUT2D eigenvalue weighted by molar-refractivity contribution is 8.14. The van der Waals surface area contributed by atoms with Crippen LogP contribution in [0, 0.1) is 5.92 Å². The first-order valence-corrected chi connectivity index (χ1v) is 8.13. The number of hydrogen-bond donors (Lipinski definition) is 1. The summed E-state index contributed by atoms with van der Waals surface area (Å²) in [6.45, 7) is 6.77. The van der Waals surface area contributed by atoms with Gasteiger partial charge in [0.05, 0.1) is 6.04 Å². The average Bonchev–Trinajstić information content (AvgIpc) is 2.76. The molecule has 1 aliphatic heterocycles. The zero-order chi connectivity index (χ0) is 13.7. The Kier molecular flexibility index (Phi) is 5.32. The summed E-state index contributed by atoms with van der Waals surface area (Å²) in [4.78, 5) is 4.80. The first-order chi connectivity index (χ1) is 9.13. The number of thioether (sulfide) groups is 1. The van der Waals surface area contributed by atoms with Crippen molar-refractivity contribution in [2.24, 2.45) is 10.9 Å². The highest BCUT2D eigenvalue weighted by Crippen LogP contribution is 2.20. The van der Waals surface area contributed by atoms with Gasteiger partial charge in [0.25, 0.3) is 0 Å². The van der Waals surface area contributed by atoms with Crippen LogP contribution in [0.1, 0.15) is 32.8 Å². The highest BCUT2D eigenvalue weighted by Gasteiger charge is 2.19. The molecule has 2 unspecified atom stereocenters. The van der Waals surface area contributed by atoms with Crippen LogP contribution in [-0.4, -0.2) is 23.0 Å². The summed E-state index contributed by atoms with van der Waals surface area (Å²) >= 11 is 1.86. The van der Waals surface area contributed by atoms with Gasteiger partial charge in [-0.05, 0) is 31.2 Å². The van der Waals surface area contributed by atoms with E-state index in [0.29, 0.717) is 12.1 Å². The molecule has 0 amide bonds. The molecule has 0 aliphatic carbocycles. The molecule has 2 nitrogen and oxygen atoms in total. The summed E-state index contributed by atoms with van der Waals surface area (Å²) in [6.07, 6.45) is 2.25. The smallest absolute Gasteiger partial charge is 0.157 e. The van der Waals surface area contributed by atoms with E-state index in [0.717, 1.165) is 23.3 Å². The maximum Gasteiger partial charge on any atom is 0.157 e. The number of benzene rings is 1. The van der Waals surface area contributed by atoms with Gasteiger partial charge in [-0.3, -0.25) is 4.99 Å². The van der Waals surface area contributed by atoms with E-state index < -0.39 is 0 Å². The van der Waals surface area contributed by atoms with Crippen LogP contribution in [-0.2, 0) is 6.42 Å². The van der Waals surface area contributed by atoms with Gasteiger partial charge in [0.15, 0.2) is 5.17 Å². The maximum absolute atomic E-state index is 4.80. The SMILES string of the molecule is CC(C)CC(C)NC1=NC(Cc2ccccc2)CS1. The molecule has 0 saturated heterocycles. The fourth-order valence-electron chi connectivity index (χ4n) is 2.46. The van der Waals surface area contributed by atoms with Gasteiger partial charge in [-0.1, -0.05) is 55.9 Å². The van der Waals surface area contributed by atoms with E-state index in [1.807, 2.05) is 11.8 Å². The van der Waals surface area contributed by atoms with E-state index in [1.165, 1.54) is 12.0 Å². The molecule has 1 aromatic carbocycles. The van der Waals surface area contributed by atoms with Crippen molar-refractivity contribution in [2.75, 3.05) is 5.75 Å². The van der Waals surface area contributed by atoms with Crippen LogP contribution in [0.2, 0.25) is 0 Å². The second-order valence-corrected chi connectivity index (χ2v) is 6.77. The van der Waals surface area contributed by atoms with E-state index in [-0.39, 0.29) is 0 Å². The summed E-state index contributed by atoms with van der Waals surface area (Å²) in [5.41, 5.74) is 1.38. The van der Waals surface area contributed by atoms with Crippen molar-refractivity contribution in [1.82, 2.24) is 5.32 Å². The molecule has 2 rings (SSSR count). The van der Waals surface area contributed by atoms with E-state index in [1.54, 1.807) is 0 Å². The Morgan fingerprint density at radius 1 is 1.26 bits per heavy atom. The first-order valence-electron chi connectivity index (χ1n) is 7.14. The van der Waals surface area contributed by atoms with Crippen molar-refractivity contribution in [3.05, 3.63) is 35.9 Å². The topological polar surface area (TPSA) is 24.4 Å². The van der Waals surface area contributed by atoms with Crippen LogP contribution in [0.3, 0.4) is 0 Å². The van der Waals surface area contributed by atoms with Gasteiger partial charge in [0.1, 0.15) is 0 Å². The van der Waals surface area contributed by atoms with Gasteiger partial charge >= 0.3 is 0 Å². The Morgan fingerprint density at radius 2 is 2.00 bits per heavy atom. The molecule has 1 aliphatic rings. The summed E-state index contributed by atoms with van der Waals surface area (Å²) < 4.78 is 0. The van der Waals surface area contributed by atoms with Crippen LogP contribution in [0.25, 0.3) is 0 Å². The first kappa shape index (κ1) is 14.4. The van der Waals surface area contributed by atoms with Gasteiger partial charge in [0.2, 0.25) is 0 Å². The van der Waals surface area contributed by atoms with Gasteiger partial charge in [-0.15, -0.1) is 0 Å². The number of nitrogens with one attached hydrogen (secondary N) is 1. The Labute approximate surface area is 121 Å². The number of rotatable bonds is 5. The quantitative estimate of drug-likeness (QED) is 0.886.